The summed E-state index contributed by atoms with van der Waals surface area (Å²) in [5.74, 6) is 1.83. The lowest BCUT2D eigenvalue weighted by molar-refractivity contribution is -0.115. The highest BCUT2D eigenvalue weighted by molar-refractivity contribution is 8.01. The molecule has 1 aromatic heterocycles. The number of ether oxygens (including phenoxy) is 1. The molecule has 1 heterocycles. The highest BCUT2D eigenvalue weighted by Crippen LogP contribution is 2.29. The number of carbonyl (C=O) groups excluding carboxylic acids is 2. The van der Waals surface area contributed by atoms with Crippen LogP contribution in [0.25, 0.3) is 0 Å². The van der Waals surface area contributed by atoms with Gasteiger partial charge in [0.15, 0.2) is 11.6 Å². The average molecular weight is 411 g/mol. The molecule has 0 saturated carbocycles. The lowest BCUT2D eigenvalue weighted by Gasteiger charge is -2.13. The number of hydrogen-bond acceptors (Lipinski definition) is 6. The Hall–Kier alpha value is -3.26. The third-order valence-corrected chi connectivity index (χ3v) is 4.99. The zero-order valence-corrected chi connectivity index (χ0v) is 16.9. The summed E-state index contributed by atoms with van der Waals surface area (Å²) in [6.07, 6.45) is 0. The van der Waals surface area contributed by atoms with E-state index in [4.69, 9.17) is 9.26 Å². The predicted molar refractivity (Wildman–Crippen MR) is 113 cm³/mol. The number of hydrogen-bond donors (Lipinski definition) is 2. The standard InChI is InChI=1S/C21H21N3O4S/c1-14-12-19(24-28-14)23-21(26)15(2)29-13-20(25)22-17-10-6-7-11-18(17)27-16-8-4-3-5-9-16/h3-12,15H,13H2,1-2H3,(H,22,25)(H,23,24,26). The van der Waals surface area contributed by atoms with Crippen molar-refractivity contribution in [2.24, 2.45) is 0 Å². The molecule has 0 bridgehead atoms. The smallest absolute Gasteiger partial charge is 0.238 e. The molecule has 1 atom stereocenters. The maximum atomic E-state index is 12.4. The largest absolute Gasteiger partial charge is 0.455 e. The van der Waals surface area contributed by atoms with Crippen molar-refractivity contribution >= 4 is 35.1 Å². The lowest BCUT2D eigenvalue weighted by atomic mass is 10.3. The van der Waals surface area contributed by atoms with Gasteiger partial charge in [-0.3, -0.25) is 9.59 Å². The van der Waals surface area contributed by atoms with E-state index in [-0.39, 0.29) is 17.6 Å². The first-order valence-electron chi connectivity index (χ1n) is 8.99. The Bertz CT molecular complexity index is 975. The zero-order chi connectivity index (χ0) is 20.6. The van der Waals surface area contributed by atoms with Crippen LogP contribution in [-0.4, -0.2) is 28.0 Å². The van der Waals surface area contributed by atoms with Crippen molar-refractivity contribution in [3.8, 4) is 11.5 Å². The van der Waals surface area contributed by atoms with Crippen molar-refractivity contribution < 1.29 is 18.8 Å². The summed E-state index contributed by atoms with van der Waals surface area (Å²) in [6, 6.07) is 18.2. The Morgan fingerprint density at radius 3 is 2.55 bits per heavy atom. The van der Waals surface area contributed by atoms with E-state index < -0.39 is 5.25 Å². The molecule has 3 rings (SSSR count). The maximum absolute atomic E-state index is 12.4. The summed E-state index contributed by atoms with van der Waals surface area (Å²) in [5.41, 5.74) is 0.567. The van der Waals surface area contributed by atoms with Gasteiger partial charge in [0, 0.05) is 6.07 Å². The van der Waals surface area contributed by atoms with Crippen LogP contribution in [-0.2, 0) is 9.59 Å². The first-order valence-corrected chi connectivity index (χ1v) is 10.0. The molecule has 0 saturated heterocycles. The van der Waals surface area contributed by atoms with Crippen LogP contribution < -0.4 is 15.4 Å². The molecule has 150 valence electrons. The monoisotopic (exact) mass is 411 g/mol. The maximum Gasteiger partial charge on any atom is 0.238 e. The normalized spacial score (nSPS) is 11.5. The Morgan fingerprint density at radius 1 is 1.10 bits per heavy atom. The molecule has 2 N–H and O–H groups in total. The third kappa shape index (κ3) is 6.11. The second-order valence-electron chi connectivity index (χ2n) is 6.22. The van der Waals surface area contributed by atoms with Gasteiger partial charge in [0.1, 0.15) is 11.5 Å². The van der Waals surface area contributed by atoms with Gasteiger partial charge in [0.05, 0.1) is 16.7 Å². The molecule has 0 spiro atoms. The summed E-state index contributed by atoms with van der Waals surface area (Å²) in [4.78, 5) is 24.5. The van der Waals surface area contributed by atoms with Gasteiger partial charge in [-0.05, 0) is 38.1 Å². The van der Waals surface area contributed by atoms with Crippen molar-refractivity contribution in [3.63, 3.8) is 0 Å². The zero-order valence-electron chi connectivity index (χ0n) is 16.0. The highest BCUT2D eigenvalue weighted by Gasteiger charge is 2.17. The number of nitrogens with zero attached hydrogens (tertiary/aromatic N) is 1. The van der Waals surface area contributed by atoms with Crippen molar-refractivity contribution in [1.82, 2.24) is 5.16 Å². The number of thioether (sulfide) groups is 1. The third-order valence-electron chi connectivity index (χ3n) is 3.85. The minimum absolute atomic E-state index is 0.117. The van der Waals surface area contributed by atoms with Crippen molar-refractivity contribution in [3.05, 3.63) is 66.4 Å². The number of aryl methyl sites for hydroxylation is 1. The molecule has 29 heavy (non-hydrogen) atoms. The second-order valence-corrected chi connectivity index (χ2v) is 7.55. The van der Waals surface area contributed by atoms with Crippen LogP contribution in [0.5, 0.6) is 11.5 Å². The minimum atomic E-state index is -0.437. The molecule has 0 radical (unpaired) electrons. The van der Waals surface area contributed by atoms with Crippen LogP contribution in [0.2, 0.25) is 0 Å². The molecule has 7 nitrogen and oxygen atoms in total. The highest BCUT2D eigenvalue weighted by atomic mass is 32.2. The number of amides is 2. The van der Waals surface area contributed by atoms with Gasteiger partial charge >= 0.3 is 0 Å². The van der Waals surface area contributed by atoms with E-state index in [9.17, 15) is 9.59 Å². The van der Waals surface area contributed by atoms with Crippen molar-refractivity contribution in [2.75, 3.05) is 16.4 Å². The van der Waals surface area contributed by atoms with Crippen molar-refractivity contribution in [2.45, 2.75) is 19.1 Å². The minimum Gasteiger partial charge on any atom is -0.455 e. The lowest BCUT2D eigenvalue weighted by Crippen LogP contribution is -2.25. The Balaban J connectivity index is 1.52. The van der Waals surface area contributed by atoms with E-state index >= 15 is 0 Å². The van der Waals surface area contributed by atoms with Gasteiger partial charge in [0.2, 0.25) is 11.8 Å². The molecule has 3 aromatic rings. The number of para-hydroxylation sites is 3. The van der Waals surface area contributed by atoms with E-state index in [2.05, 4.69) is 15.8 Å². The van der Waals surface area contributed by atoms with Crippen LogP contribution in [0.15, 0.2) is 65.2 Å². The van der Waals surface area contributed by atoms with Crippen LogP contribution in [0.1, 0.15) is 12.7 Å². The van der Waals surface area contributed by atoms with Gasteiger partial charge < -0.3 is 19.9 Å². The number of anilines is 2. The number of benzene rings is 2. The molecule has 1 unspecified atom stereocenters. The first-order chi connectivity index (χ1) is 14.0. The molecule has 8 heteroatoms. The summed E-state index contributed by atoms with van der Waals surface area (Å²) in [5, 5.41) is 8.78. The van der Waals surface area contributed by atoms with Gasteiger partial charge in [-0.1, -0.05) is 35.5 Å². The van der Waals surface area contributed by atoms with E-state index in [0.717, 1.165) is 0 Å². The van der Waals surface area contributed by atoms with Crippen LogP contribution >= 0.6 is 11.8 Å². The van der Waals surface area contributed by atoms with Gasteiger partial charge in [-0.2, -0.15) is 0 Å². The van der Waals surface area contributed by atoms with Gasteiger partial charge in [-0.15, -0.1) is 11.8 Å². The summed E-state index contributed by atoms with van der Waals surface area (Å²) in [6.45, 7) is 3.47. The molecule has 2 aromatic carbocycles. The van der Waals surface area contributed by atoms with Crippen LogP contribution in [0.3, 0.4) is 0 Å². The molecular weight excluding hydrogens is 390 g/mol. The molecular formula is C21H21N3O4S. The summed E-state index contributed by atoms with van der Waals surface area (Å²) < 4.78 is 10.8. The first kappa shape index (κ1) is 20.5. The van der Waals surface area contributed by atoms with E-state index in [1.54, 1.807) is 32.0 Å². The van der Waals surface area contributed by atoms with Crippen LogP contribution in [0, 0.1) is 6.92 Å². The molecule has 2 amide bonds. The predicted octanol–water partition coefficient (Wildman–Crippen LogP) is 4.47. The van der Waals surface area contributed by atoms with Gasteiger partial charge in [0.25, 0.3) is 0 Å². The summed E-state index contributed by atoms with van der Waals surface area (Å²) >= 11 is 1.22. The van der Waals surface area contributed by atoms with Crippen molar-refractivity contribution in [1.29, 1.82) is 0 Å². The fourth-order valence-electron chi connectivity index (χ4n) is 2.39. The Morgan fingerprint density at radius 2 is 1.83 bits per heavy atom. The topological polar surface area (TPSA) is 93.5 Å². The fraction of sp³-hybridized carbons (Fsp3) is 0.190. The van der Waals surface area contributed by atoms with Gasteiger partial charge in [-0.25, -0.2) is 0 Å². The summed E-state index contributed by atoms with van der Waals surface area (Å²) in [7, 11) is 0. The Labute approximate surface area is 172 Å². The molecule has 0 fully saturated rings. The number of nitrogens with one attached hydrogen (secondary N) is 2. The number of rotatable bonds is 8. The number of carbonyl (C=O) groups is 2. The van der Waals surface area contributed by atoms with E-state index in [1.165, 1.54) is 11.8 Å². The molecule has 0 aliphatic heterocycles. The van der Waals surface area contributed by atoms with E-state index in [1.807, 2.05) is 42.5 Å². The van der Waals surface area contributed by atoms with E-state index in [0.29, 0.717) is 28.8 Å². The second kappa shape index (κ2) is 9.79. The van der Waals surface area contributed by atoms with Crippen LogP contribution in [0.4, 0.5) is 11.5 Å². The Kier molecular flexibility index (Phi) is 6.91. The molecule has 0 aliphatic rings. The quantitative estimate of drug-likeness (QED) is 0.568. The average Bonchev–Trinajstić information content (AvgIpc) is 3.13. The SMILES string of the molecule is Cc1cc(NC(=O)C(C)SCC(=O)Nc2ccccc2Oc2ccccc2)no1. The fourth-order valence-corrected chi connectivity index (χ4v) is 3.07. The number of aromatic nitrogens is 1. The molecule has 0 aliphatic carbocycles.